The average molecular weight is 826 g/mol. The number of para-hydroxylation sites is 1. The van der Waals surface area contributed by atoms with Crippen LogP contribution in [-0.4, -0.2) is 0 Å². The number of furan rings is 1. The molecule has 0 saturated heterocycles. The molecule has 0 saturated carbocycles. The van der Waals surface area contributed by atoms with Crippen LogP contribution in [0.1, 0.15) is 22.3 Å². The summed E-state index contributed by atoms with van der Waals surface area (Å²) in [5.41, 5.74) is 19.6. The molecule has 0 unspecified atom stereocenters. The number of anilines is 3. The van der Waals surface area contributed by atoms with Gasteiger partial charge in [-0.3, -0.25) is 0 Å². The van der Waals surface area contributed by atoms with E-state index in [9.17, 15) is 0 Å². The van der Waals surface area contributed by atoms with Gasteiger partial charge in [0.25, 0.3) is 0 Å². The molecule has 0 aliphatic heterocycles. The van der Waals surface area contributed by atoms with Gasteiger partial charge in [-0.15, -0.1) is 0 Å². The highest BCUT2D eigenvalue weighted by molar-refractivity contribution is 6.17. The molecule has 1 aromatic heterocycles. The van der Waals surface area contributed by atoms with E-state index in [4.69, 9.17) is 4.42 Å². The molecular formula is C63H39NO. The van der Waals surface area contributed by atoms with Crippen LogP contribution in [0.25, 0.3) is 88.0 Å². The van der Waals surface area contributed by atoms with Crippen LogP contribution in [0.4, 0.5) is 17.1 Å². The third-order valence-corrected chi connectivity index (χ3v) is 14.2. The maximum absolute atomic E-state index is 6.68. The zero-order valence-electron chi connectivity index (χ0n) is 35.4. The number of hydrogen-bond donors (Lipinski definition) is 0. The second-order valence-electron chi connectivity index (χ2n) is 17.5. The summed E-state index contributed by atoms with van der Waals surface area (Å²) in [5.74, 6) is 0. The molecule has 2 heteroatoms. The Hall–Kier alpha value is -8.46. The summed E-state index contributed by atoms with van der Waals surface area (Å²) in [4.78, 5) is 2.53. The Bertz CT molecular complexity index is 3880. The lowest BCUT2D eigenvalue weighted by Gasteiger charge is -2.32. The summed E-state index contributed by atoms with van der Waals surface area (Å²) in [6.07, 6.45) is 0. The Morgan fingerprint density at radius 1 is 0.323 bits per heavy atom. The lowest BCUT2D eigenvalue weighted by atomic mass is 9.70. The van der Waals surface area contributed by atoms with Gasteiger partial charge in [0, 0.05) is 27.6 Å². The fraction of sp³-hybridized carbons (Fsp3) is 0.0159. The van der Waals surface area contributed by atoms with Gasteiger partial charge < -0.3 is 9.32 Å². The van der Waals surface area contributed by atoms with E-state index < -0.39 is 5.41 Å². The Morgan fingerprint density at radius 2 is 0.862 bits per heavy atom. The van der Waals surface area contributed by atoms with E-state index in [1.165, 1.54) is 71.6 Å². The van der Waals surface area contributed by atoms with Crippen molar-refractivity contribution < 1.29 is 4.42 Å². The number of fused-ring (bicyclic) bond motifs is 15. The molecule has 2 aliphatic rings. The lowest BCUT2D eigenvalue weighted by molar-refractivity contribution is 0.669. The third kappa shape index (κ3) is 5.11. The van der Waals surface area contributed by atoms with Gasteiger partial charge >= 0.3 is 0 Å². The minimum absolute atomic E-state index is 0.475. The van der Waals surface area contributed by atoms with Crippen molar-refractivity contribution >= 4 is 60.5 Å². The van der Waals surface area contributed by atoms with Gasteiger partial charge in [-0.25, -0.2) is 0 Å². The van der Waals surface area contributed by atoms with Gasteiger partial charge in [0.1, 0.15) is 11.2 Å². The fourth-order valence-corrected chi connectivity index (χ4v) is 11.5. The average Bonchev–Trinajstić information content (AvgIpc) is 4.00. The highest BCUT2D eigenvalue weighted by Crippen LogP contribution is 2.65. The molecule has 14 rings (SSSR count). The first-order valence-electron chi connectivity index (χ1n) is 22.5. The highest BCUT2D eigenvalue weighted by atomic mass is 16.3. The summed E-state index contributed by atoms with van der Waals surface area (Å²) in [6, 6.07) is 87.2. The Kier molecular flexibility index (Phi) is 7.64. The second kappa shape index (κ2) is 13.8. The highest BCUT2D eigenvalue weighted by Gasteiger charge is 2.52. The van der Waals surface area contributed by atoms with Crippen molar-refractivity contribution in [2.75, 3.05) is 4.90 Å². The molecule has 65 heavy (non-hydrogen) atoms. The Balaban J connectivity index is 1.06. The molecule has 0 amide bonds. The zero-order valence-corrected chi connectivity index (χ0v) is 35.4. The minimum Gasteiger partial charge on any atom is -0.456 e. The van der Waals surface area contributed by atoms with E-state index in [1.54, 1.807) is 0 Å². The first-order valence-corrected chi connectivity index (χ1v) is 22.5. The van der Waals surface area contributed by atoms with Crippen molar-refractivity contribution in [2.45, 2.75) is 5.41 Å². The third-order valence-electron chi connectivity index (χ3n) is 14.2. The second-order valence-corrected chi connectivity index (χ2v) is 17.5. The molecule has 11 aromatic carbocycles. The van der Waals surface area contributed by atoms with Crippen LogP contribution in [0, 0.1) is 0 Å². The van der Waals surface area contributed by atoms with Crippen LogP contribution in [0.2, 0.25) is 0 Å². The number of hydrogen-bond acceptors (Lipinski definition) is 2. The molecule has 0 radical (unpaired) electrons. The molecule has 2 aliphatic carbocycles. The zero-order chi connectivity index (χ0) is 42.6. The van der Waals surface area contributed by atoms with Crippen LogP contribution < -0.4 is 4.90 Å². The molecule has 302 valence electrons. The van der Waals surface area contributed by atoms with Gasteiger partial charge in [-0.05, 0) is 126 Å². The van der Waals surface area contributed by atoms with Gasteiger partial charge in [-0.1, -0.05) is 188 Å². The van der Waals surface area contributed by atoms with E-state index in [2.05, 4.69) is 241 Å². The molecule has 0 bridgehead atoms. The maximum Gasteiger partial charge on any atom is 0.136 e. The van der Waals surface area contributed by atoms with E-state index in [0.29, 0.717) is 0 Å². The molecule has 12 aromatic rings. The largest absolute Gasteiger partial charge is 0.456 e. The fourth-order valence-electron chi connectivity index (χ4n) is 11.5. The molecular weight excluding hydrogens is 787 g/mol. The van der Waals surface area contributed by atoms with Crippen molar-refractivity contribution in [1.82, 2.24) is 0 Å². The predicted octanol–water partition coefficient (Wildman–Crippen LogP) is 17.0. The molecule has 0 fully saturated rings. The molecule has 1 spiro atoms. The van der Waals surface area contributed by atoms with Crippen molar-refractivity contribution in [1.29, 1.82) is 0 Å². The van der Waals surface area contributed by atoms with Gasteiger partial charge in [0.05, 0.1) is 16.8 Å². The topological polar surface area (TPSA) is 16.4 Å². The van der Waals surface area contributed by atoms with E-state index in [1.807, 2.05) is 0 Å². The lowest BCUT2D eigenvalue weighted by Crippen LogP contribution is -2.26. The Morgan fingerprint density at radius 3 is 1.63 bits per heavy atom. The van der Waals surface area contributed by atoms with Gasteiger partial charge in [0.2, 0.25) is 0 Å². The van der Waals surface area contributed by atoms with Crippen LogP contribution in [0.15, 0.2) is 241 Å². The van der Waals surface area contributed by atoms with Crippen molar-refractivity contribution in [2.24, 2.45) is 0 Å². The van der Waals surface area contributed by atoms with E-state index >= 15 is 0 Å². The first-order chi connectivity index (χ1) is 32.2. The first kappa shape index (κ1) is 36.1. The number of benzene rings is 11. The summed E-state index contributed by atoms with van der Waals surface area (Å²) in [7, 11) is 0. The molecule has 1 heterocycles. The van der Waals surface area contributed by atoms with Crippen molar-refractivity contribution in [3.8, 4) is 44.5 Å². The quantitative estimate of drug-likeness (QED) is 0.172. The van der Waals surface area contributed by atoms with Crippen LogP contribution >= 0.6 is 0 Å². The van der Waals surface area contributed by atoms with Gasteiger partial charge in [-0.2, -0.15) is 0 Å². The summed E-state index contributed by atoms with van der Waals surface area (Å²) in [5, 5.41) is 7.06. The van der Waals surface area contributed by atoms with Crippen LogP contribution in [0.5, 0.6) is 0 Å². The van der Waals surface area contributed by atoms with Crippen molar-refractivity contribution in [3.05, 3.63) is 259 Å². The normalized spacial score (nSPS) is 13.0. The Labute approximate surface area is 376 Å². The van der Waals surface area contributed by atoms with Crippen LogP contribution in [0.3, 0.4) is 0 Å². The summed E-state index contributed by atoms with van der Waals surface area (Å²) >= 11 is 0. The molecule has 2 nitrogen and oxygen atoms in total. The number of nitrogens with zero attached hydrogens (tertiary/aromatic N) is 1. The summed E-state index contributed by atoms with van der Waals surface area (Å²) in [6.45, 7) is 0. The SMILES string of the molecule is c1cc(-c2ccc3ccccc3c2)cc(N(c2ccccc2-c2cccc3oc4cc5ccccc5cc4c23)c2cccc3c2-c2ccccc2C32c3ccccc3-c3ccccc32)c1. The minimum atomic E-state index is -0.475. The predicted molar refractivity (Wildman–Crippen MR) is 271 cm³/mol. The standard InChI is InChI=1S/C63H39NO/c1-2-17-41-36-45(35-34-40(41)16-1)42-20-13-21-46(37-42)64(57-31-12-8-24-49(57)50-26-14-33-59-61(50)52-38-43-18-3-4-19-44(43)39-60(52)65-59)58-32-15-30-56-62(58)51-25-7-11-29-55(51)63(56)53-27-9-5-22-47(53)48-23-6-10-28-54(48)63/h1-39H. The van der Waals surface area contributed by atoms with Crippen molar-refractivity contribution in [3.63, 3.8) is 0 Å². The number of rotatable bonds is 5. The molecule has 0 atom stereocenters. The van der Waals surface area contributed by atoms with Gasteiger partial charge in [0.15, 0.2) is 0 Å². The molecule has 0 N–H and O–H groups in total. The van der Waals surface area contributed by atoms with E-state index in [-0.39, 0.29) is 0 Å². The maximum atomic E-state index is 6.68. The smallest absolute Gasteiger partial charge is 0.136 e. The summed E-state index contributed by atoms with van der Waals surface area (Å²) < 4.78 is 6.68. The van der Waals surface area contributed by atoms with Crippen LogP contribution in [-0.2, 0) is 5.41 Å². The monoisotopic (exact) mass is 825 g/mol. The van der Waals surface area contributed by atoms with E-state index in [0.717, 1.165) is 55.7 Å².